The lowest BCUT2D eigenvalue weighted by molar-refractivity contribution is -0.384. The maximum absolute atomic E-state index is 13.1. The lowest BCUT2D eigenvalue weighted by Crippen LogP contribution is -2.27. The molecule has 0 spiro atoms. The van der Waals surface area contributed by atoms with Crippen molar-refractivity contribution in [3.05, 3.63) is 117 Å². The van der Waals surface area contributed by atoms with Gasteiger partial charge in [0.05, 0.1) is 28.5 Å². The highest BCUT2D eigenvalue weighted by atomic mass is 32.2. The average Bonchev–Trinajstić information content (AvgIpc) is 3.21. The summed E-state index contributed by atoms with van der Waals surface area (Å²) in [5.41, 5.74) is 1.42. The second kappa shape index (κ2) is 11.4. The average molecular weight is 555 g/mol. The van der Waals surface area contributed by atoms with Crippen molar-refractivity contribution in [2.45, 2.75) is 13.5 Å². The van der Waals surface area contributed by atoms with Crippen LogP contribution in [0.15, 0.2) is 89.8 Å². The molecule has 5 rings (SSSR count). The van der Waals surface area contributed by atoms with Gasteiger partial charge in [-0.3, -0.25) is 24.6 Å². The maximum Gasteiger partial charge on any atom is 0.343 e. The van der Waals surface area contributed by atoms with Crippen LogP contribution in [0.5, 0.6) is 11.5 Å². The normalized spacial score (nSPS) is 14.1. The van der Waals surface area contributed by atoms with Gasteiger partial charge < -0.3 is 9.47 Å². The smallest absolute Gasteiger partial charge is 0.343 e. The first-order chi connectivity index (χ1) is 19.3. The summed E-state index contributed by atoms with van der Waals surface area (Å²) in [6.07, 6.45) is 1.59. The van der Waals surface area contributed by atoms with Gasteiger partial charge in [0.15, 0.2) is 11.5 Å². The highest BCUT2D eigenvalue weighted by molar-refractivity contribution is 8.18. The van der Waals surface area contributed by atoms with E-state index in [1.807, 2.05) is 42.5 Å². The van der Waals surface area contributed by atoms with Crippen molar-refractivity contribution in [1.82, 2.24) is 4.90 Å². The minimum absolute atomic E-state index is 0.136. The van der Waals surface area contributed by atoms with E-state index in [0.717, 1.165) is 28.1 Å². The van der Waals surface area contributed by atoms with Gasteiger partial charge in [-0.15, -0.1) is 0 Å². The summed E-state index contributed by atoms with van der Waals surface area (Å²) in [7, 11) is 0. The Kier molecular flexibility index (Phi) is 7.61. The van der Waals surface area contributed by atoms with Gasteiger partial charge in [-0.25, -0.2) is 4.79 Å². The Balaban J connectivity index is 1.33. The molecule has 0 radical (unpaired) electrons. The number of carbonyl (C=O) groups excluding carboxylic acids is 3. The van der Waals surface area contributed by atoms with Gasteiger partial charge in [-0.1, -0.05) is 42.5 Å². The molecule has 0 unspecified atom stereocenters. The van der Waals surface area contributed by atoms with E-state index < -0.39 is 16.8 Å². The van der Waals surface area contributed by atoms with Crippen LogP contribution in [0.1, 0.15) is 28.4 Å². The summed E-state index contributed by atoms with van der Waals surface area (Å²) in [4.78, 5) is 50.2. The number of benzene rings is 4. The molecule has 1 heterocycles. The van der Waals surface area contributed by atoms with Crippen molar-refractivity contribution in [1.29, 1.82) is 0 Å². The van der Waals surface area contributed by atoms with Gasteiger partial charge in [0, 0.05) is 12.1 Å². The van der Waals surface area contributed by atoms with E-state index in [4.69, 9.17) is 9.47 Å². The van der Waals surface area contributed by atoms with Crippen LogP contribution in [0, 0.1) is 10.1 Å². The van der Waals surface area contributed by atoms with Gasteiger partial charge in [0.1, 0.15) is 0 Å². The third-order valence-corrected chi connectivity index (χ3v) is 7.02. The van der Waals surface area contributed by atoms with Crippen molar-refractivity contribution in [2.75, 3.05) is 6.61 Å². The van der Waals surface area contributed by atoms with E-state index in [0.29, 0.717) is 5.56 Å². The number of hydrogen-bond donors (Lipinski definition) is 0. The minimum atomic E-state index is -0.710. The van der Waals surface area contributed by atoms with Gasteiger partial charge >= 0.3 is 5.97 Å². The molecular formula is C30H22N2O7S. The number of rotatable bonds is 8. The van der Waals surface area contributed by atoms with Gasteiger partial charge in [-0.2, -0.15) is 0 Å². The molecule has 1 aliphatic rings. The summed E-state index contributed by atoms with van der Waals surface area (Å²) in [5.74, 6) is -0.693. The van der Waals surface area contributed by atoms with Gasteiger partial charge in [0.25, 0.3) is 16.8 Å². The molecule has 1 fully saturated rings. The first kappa shape index (κ1) is 26.6. The van der Waals surface area contributed by atoms with Crippen LogP contribution < -0.4 is 9.47 Å². The highest BCUT2D eigenvalue weighted by Gasteiger charge is 2.35. The van der Waals surface area contributed by atoms with Crippen LogP contribution in [0.2, 0.25) is 0 Å². The Hall–Kier alpha value is -4.96. The molecule has 0 aromatic heterocycles. The molecule has 10 heteroatoms. The van der Waals surface area contributed by atoms with E-state index in [1.165, 1.54) is 35.2 Å². The molecule has 40 heavy (non-hydrogen) atoms. The largest absolute Gasteiger partial charge is 0.490 e. The molecule has 1 saturated heterocycles. The Bertz CT molecular complexity index is 1680. The molecule has 2 amide bonds. The fourth-order valence-electron chi connectivity index (χ4n) is 4.15. The molecule has 1 aliphatic heterocycles. The number of nitrogens with zero attached hydrogens (tertiary/aromatic N) is 2. The quantitative estimate of drug-likeness (QED) is 0.0786. The van der Waals surface area contributed by atoms with Crippen LogP contribution in [0.3, 0.4) is 0 Å². The first-order valence-electron chi connectivity index (χ1n) is 12.3. The zero-order valence-electron chi connectivity index (χ0n) is 21.2. The summed E-state index contributed by atoms with van der Waals surface area (Å²) in [5, 5.41) is 12.6. The van der Waals surface area contributed by atoms with E-state index >= 15 is 0 Å². The van der Waals surface area contributed by atoms with E-state index in [2.05, 4.69) is 0 Å². The second-order valence-corrected chi connectivity index (χ2v) is 9.78. The molecule has 0 atom stereocenters. The Labute approximate surface area is 233 Å². The van der Waals surface area contributed by atoms with E-state index in [9.17, 15) is 24.5 Å². The summed E-state index contributed by atoms with van der Waals surface area (Å²) in [6, 6.07) is 23.5. The molecule has 9 nitrogen and oxygen atoms in total. The number of thioether (sulfide) groups is 1. The molecular weight excluding hydrogens is 532 g/mol. The Morgan fingerprint density at radius 1 is 0.950 bits per heavy atom. The molecule has 0 N–H and O–H groups in total. The number of nitro benzene ring substituents is 1. The van der Waals surface area contributed by atoms with Crippen LogP contribution in [0.25, 0.3) is 16.8 Å². The maximum atomic E-state index is 13.1. The Morgan fingerprint density at radius 3 is 2.42 bits per heavy atom. The molecule has 4 aromatic carbocycles. The minimum Gasteiger partial charge on any atom is -0.490 e. The fourth-order valence-corrected chi connectivity index (χ4v) is 4.99. The van der Waals surface area contributed by atoms with Gasteiger partial charge in [0.2, 0.25) is 0 Å². The molecule has 0 bridgehead atoms. The number of hydrogen-bond acceptors (Lipinski definition) is 8. The van der Waals surface area contributed by atoms with E-state index in [1.54, 1.807) is 25.1 Å². The van der Waals surface area contributed by atoms with E-state index in [-0.39, 0.29) is 46.0 Å². The summed E-state index contributed by atoms with van der Waals surface area (Å²) >= 11 is 0.858. The number of ether oxygens (including phenoxy) is 2. The molecule has 0 saturated carbocycles. The number of esters is 1. The lowest BCUT2D eigenvalue weighted by atomic mass is 10.1. The topological polar surface area (TPSA) is 116 Å². The van der Waals surface area contributed by atoms with Crippen LogP contribution in [-0.2, 0) is 11.3 Å². The van der Waals surface area contributed by atoms with Crippen molar-refractivity contribution < 1.29 is 28.8 Å². The van der Waals surface area contributed by atoms with Crippen molar-refractivity contribution in [3.63, 3.8) is 0 Å². The zero-order chi connectivity index (χ0) is 28.2. The lowest BCUT2D eigenvalue weighted by Gasteiger charge is -2.13. The molecule has 200 valence electrons. The van der Waals surface area contributed by atoms with Crippen molar-refractivity contribution in [3.8, 4) is 11.5 Å². The predicted molar refractivity (Wildman–Crippen MR) is 151 cm³/mol. The van der Waals surface area contributed by atoms with Crippen molar-refractivity contribution in [2.24, 2.45) is 0 Å². The SMILES string of the molecule is CCOc1cc(/C=C2\SC(=O)N(Cc3ccc4ccccc4c3)C2=O)ccc1OC(=O)c1ccc([N+](=O)[O-])cc1. The number of amides is 2. The standard InChI is InChI=1S/C30H22N2O7S/c1-2-38-26-16-19(8-14-25(26)39-29(34)22-10-12-24(13-11-22)32(36)37)17-27-28(33)31(30(35)40-27)18-20-7-9-21-5-3-4-6-23(21)15-20/h3-17H,2,18H2,1H3/b27-17-. The summed E-state index contributed by atoms with van der Waals surface area (Å²) in [6.45, 7) is 2.22. The van der Waals surface area contributed by atoms with Gasteiger partial charge in [-0.05, 0) is 77.0 Å². The molecule has 4 aromatic rings. The third kappa shape index (κ3) is 5.71. The summed E-state index contributed by atoms with van der Waals surface area (Å²) < 4.78 is 11.1. The number of nitro groups is 1. The number of non-ortho nitro benzene ring substituents is 1. The number of fused-ring (bicyclic) bond motifs is 1. The number of carbonyl (C=O) groups is 3. The zero-order valence-corrected chi connectivity index (χ0v) is 22.1. The number of imide groups is 1. The monoisotopic (exact) mass is 554 g/mol. The second-order valence-electron chi connectivity index (χ2n) is 8.78. The van der Waals surface area contributed by atoms with Crippen LogP contribution in [0.4, 0.5) is 10.5 Å². The van der Waals surface area contributed by atoms with Crippen LogP contribution in [-0.4, -0.2) is 33.5 Å². The van der Waals surface area contributed by atoms with Crippen LogP contribution >= 0.6 is 11.8 Å². The molecule has 0 aliphatic carbocycles. The first-order valence-corrected chi connectivity index (χ1v) is 13.1. The Morgan fingerprint density at radius 2 is 1.70 bits per heavy atom. The predicted octanol–water partition coefficient (Wildman–Crippen LogP) is 6.60. The fraction of sp³-hybridized carbons (Fsp3) is 0.100. The third-order valence-electron chi connectivity index (χ3n) is 6.11. The van der Waals surface area contributed by atoms with Crippen molar-refractivity contribution >= 4 is 51.4 Å². The highest BCUT2D eigenvalue weighted by Crippen LogP contribution is 2.36.